The Morgan fingerprint density at radius 1 is 0.871 bits per heavy atom. The number of piperazine rings is 1. The molecule has 0 N–H and O–H groups in total. The molecule has 31 heavy (non-hydrogen) atoms. The summed E-state index contributed by atoms with van der Waals surface area (Å²) < 4.78 is 19.1. The van der Waals surface area contributed by atoms with Crippen LogP contribution in [0.2, 0.25) is 0 Å². The number of amides is 1. The van der Waals surface area contributed by atoms with E-state index in [9.17, 15) is 9.18 Å². The van der Waals surface area contributed by atoms with E-state index in [1.54, 1.807) is 12.1 Å². The number of nitrogens with zero attached hydrogens (tertiary/aromatic N) is 4. The van der Waals surface area contributed by atoms with Crippen molar-refractivity contribution in [3.8, 4) is 0 Å². The van der Waals surface area contributed by atoms with Gasteiger partial charge >= 0.3 is 0 Å². The molecule has 1 fully saturated rings. The van der Waals surface area contributed by atoms with Gasteiger partial charge in [-0.25, -0.2) is 4.39 Å². The molecule has 7 heteroatoms. The van der Waals surface area contributed by atoms with Crippen LogP contribution >= 0.6 is 0 Å². The lowest BCUT2D eigenvalue weighted by molar-refractivity contribution is -0.133. The van der Waals surface area contributed by atoms with Crippen molar-refractivity contribution in [2.75, 3.05) is 26.2 Å². The number of hydrogen-bond donors (Lipinski definition) is 0. The maximum absolute atomic E-state index is 13.3. The Labute approximate surface area is 181 Å². The lowest BCUT2D eigenvalue weighted by atomic mass is 10.1. The highest BCUT2D eigenvalue weighted by Gasteiger charge is 2.21. The summed E-state index contributed by atoms with van der Waals surface area (Å²) >= 11 is 0. The van der Waals surface area contributed by atoms with Crippen LogP contribution < -0.4 is 0 Å². The number of carbonyl (C=O) groups is 1. The van der Waals surface area contributed by atoms with Gasteiger partial charge in [-0.3, -0.25) is 9.69 Å². The molecule has 2 heterocycles. The fourth-order valence-electron chi connectivity index (χ4n) is 3.81. The zero-order valence-electron chi connectivity index (χ0n) is 17.5. The van der Waals surface area contributed by atoms with Gasteiger partial charge in [0.15, 0.2) is 0 Å². The first-order chi connectivity index (χ1) is 15.2. The van der Waals surface area contributed by atoms with Gasteiger partial charge in [-0.2, -0.15) is 0 Å². The van der Waals surface area contributed by atoms with E-state index in [-0.39, 0.29) is 11.7 Å². The van der Waals surface area contributed by atoms with Crippen molar-refractivity contribution in [3.05, 3.63) is 83.3 Å². The van der Waals surface area contributed by atoms with E-state index in [0.717, 1.165) is 25.1 Å². The van der Waals surface area contributed by atoms with Gasteiger partial charge in [0, 0.05) is 52.0 Å². The largest absolute Gasteiger partial charge is 0.425 e. The average molecular weight is 423 g/mol. The van der Waals surface area contributed by atoms with Gasteiger partial charge in [0.25, 0.3) is 0 Å². The topological polar surface area (TPSA) is 62.5 Å². The predicted molar refractivity (Wildman–Crippen MR) is 115 cm³/mol. The predicted octanol–water partition coefficient (Wildman–Crippen LogP) is 3.27. The molecule has 3 aromatic rings. The van der Waals surface area contributed by atoms with Crippen LogP contribution in [0.25, 0.3) is 0 Å². The molecule has 0 aliphatic carbocycles. The molecule has 1 saturated heterocycles. The lowest BCUT2D eigenvalue weighted by Gasteiger charge is -2.34. The summed E-state index contributed by atoms with van der Waals surface area (Å²) in [5.41, 5.74) is 2.19. The van der Waals surface area contributed by atoms with E-state index in [1.165, 1.54) is 11.6 Å². The normalized spacial score (nSPS) is 14.7. The lowest BCUT2D eigenvalue weighted by Crippen LogP contribution is -2.48. The van der Waals surface area contributed by atoms with Crippen LogP contribution in [0.4, 0.5) is 4.39 Å². The van der Waals surface area contributed by atoms with E-state index in [1.807, 2.05) is 29.2 Å². The van der Waals surface area contributed by atoms with Crippen molar-refractivity contribution in [2.45, 2.75) is 32.2 Å². The first-order valence-corrected chi connectivity index (χ1v) is 10.8. The van der Waals surface area contributed by atoms with E-state index < -0.39 is 0 Å². The molecule has 0 atom stereocenters. The van der Waals surface area contributed by atoms with Crippen molar-refractivity contribution >= 4 is 5.91 Å². The van der Waals surface area contributed by atoms with E-state index in [2.05, 4.69) is 27.2 Å². The molecule has 0 saturated carbocycles. The second-order valence-electron chi connectivity index (χ2n) is 7.86. The van der Waals surface area contributed by atoms with E-state index in [4.69, 9.17) is 4.42 Å². The second-order valence-corrected chi connectivity index (χ2v) is 7.86. The minimum Gasteiger partial charge on any atom is -0.425 e. The van der Waals surface area contributed by atoms with Gasteiger partial charge in [0.1, 0.15) is 5.82 Å². The summed E-state index contributed by atoms with van der Waals surface area (Å²) in [4.78, 5) is 16.7. The van der Waals surface area contributed by atoms with Crippen LogP contribution in [0.15, 0.2) is 59.0 Å². The maximum Gasteiger partial charge on any atom is 0.223 e. The van der Waals surface area contributed by atoms with Crippen LogP contribution in [0.1, 0.15) is 29.3 Å². The van der Waals surface area contributed by atoms with Gasteiger partial charge in [0.2, 0.25) is 17.7 Å². The molecular formula is C24H27FN4O2. The maximum atomic E-state index is 13.3. The Hall–Kier alpha value is -3.06. The number of benzene rings is 2. The Bertz CT molecular complexity index is 984. The third kappa shape index (κ3) is 6.21. The highest BCUT2D eigenvalue weighted by atomic mass is 19.1. The molecule has 1 amide bonds. The third-order valence-corrected chi connectivity index (χ3v) is 5.55. The minimum atomic E-state index is -0.212. The van der Waals surface area contributed by atoms with Crippen molar-refractivity contribution < 1.29 is 13.6 Å². The Morgan fingerprint density at radius 3 is 2.32 bits per heavy atom. The molecule has 0 bridgehead atoms. The van der Waals surface area contributed by atoms with E-state index in [0.29, 0.717) is 50.7 Å². The highest BCUT2D eigenvalue weighted by molar-refractivity contribution is 5.76. The standard InChI is InChI=1S/C24H27FN4O2/c25-21-8-4-7-20(17-21)18-28-13-15-29(16-14-28)24(30)12-11-23-27-26-22(31-23)10-9-19-5-2-1-3-6-19/h1-8,17H,9-16,18H2. The summed E-state index contributed by atoms with van der Waals surface area (Å²) in [7, 11) is 0. The average Bonchev–Trinajstić information content (AvgIpc) is 3.25. The Kier molecular flexibility index (Phi) is 7.04. The molecule has 1 aliphatic heterocycles. The number of carbonyl (C=O) groups excluding carboxylic acids is 1. The zero-order chi connectivity index (χ0) is 21.5. The van der Waals surface area contributed by atoms with Crippen molar-refractivity contribution in [3.63, 3.8) is 0 Å². The molecule has 6 nitrogen and oxygen atoms in total. The fraction of sp³-hybridized carbons (Fsp3) is 0.375. The van der Waals surface area contributed by atoms with Crippen molar-refractivity contribution in [2.24, 2.45) is 0 Å². The molecule has 2 aromatic carbocycles. The third-order valence-electron chi connectivity index (χ3n) is 5.55. The van der Waals surface area contributed by atoms with E-state index >= 15 is 0 Å². The van der Waals surface area contributed by atoms with Gasteiger partial charge in [-0.05, 0) is 29.7 Å². The Balaban J connectivity index is 1.18. The van der Waals surface area contributed by atoms with Crippen molar-refractivity contribution in [1.29, 1.82) is 0 Å². The second kappa shape index (κ2) is 10.3. The molecule has 1 aromatic heterocycles. The SMILES string of the molecule is O=C(CCc1nnc(CCc2ccccc2)o1)N1CCN(Cc2cccc(F)c2)CC1. The summed E-state index contributed by atoms with van der Waals surface area (Å²) in [6.07, 6.45) is 2.37. The summed E-state index contributed by atoms with van der Waals surface area (Å²) in [5.74, 6) is 1.02. The van der Waals surface area contributed by atoms with Gasteiger partial charge in [0.05, 0.1) is 0 Å². The quantitative estimate of drug-likeness (QED) is 0.558. The van der Waals surface area contributed by atoms with Crippen molar-refractivity contribution in [1.82, 2.24) is 20.0 Å². The highest BCUT2D eigenvalue weighted by Crippen LogP contribution is 2.12. The van der Waals surface area contributed by atoms with Crippen LogP contribution in [-0.2, 0) is 30.6 Å². The number of aromatic nitrogens is 2. The zero-order valence-corrected chi connectivity index (χ0v) is 17.5. The molecule has 162 valence electrons. The number of aryl methyl sites for hydroxylation is 3. The molecule has 0 radical (unpaired) electrons. The molecule has 1 aliphatic rings. The van der Waals surface area contributed by atoms with Crippen LogP contribution in [0.3, 0.4) is 0 Å². The first kappa shape index (κ1) is 21.2. The molecule has 0 spiro atoms. The first-order valence-electron chi connectivity index (χ1n) is 10.8. The number of rotatable bonds is 8. The number of hydrogen-bond acceptors (Lipinski definition) is 5. The monoisotopic (exact) mass is 422 g/mol. The van der Waals surface area contributed by atoms with Gasteiger partial charge < -0.3 is 9.32 Å². The van der Waals surface area contributed by atoms with Crippen LogP contribution in [0, 0.1) is 5.82 Å². The fourth-order valence-corrected chi connectivity index (χ4v) is 3.81. The van der Waals surface area contributed by atoms with Gasteiger partial charge in [-0.1, -0.05) is 42.5 Å². The number of halogens is 1. The van der Waals surface area contributed by atoms with Crippen LogP contribution in [-0.4, -0.2) is 52.1 Å². The smallest absolute Gasteiger partial charge is 0.223 e. The Morgan fingerprint density at radius 2 is 1.58 bits per heavy atom. The van der Waals surface area contributed by atoms with Gasteiger partial charge in [-0.15, -0.1) is 10.2 Å². The van der Waals surface area contributed by atoms with Crippen LogP contribution in [0.5, 0.6) is 0 Å². The molecule has 0 unspecified atom stereocenters. The minimum absolute atomic E-state index is 0.106. The molecule has 4 rings (SSSR count). The summed E-state index contributed by atoms with van der Waals surface area (Å²) in [6.45, 7) is 3.63. The summed E-state index contributed by atoms with van der Waals surface area (Å²) in [6, 6.07) is 16.9. The summed E-state index contributed by atoms with van der Waals surface area (Å²) in [5, 5.41) is 8.19. The molecular weight excluding hydrogens is 395 g/mol.